The largest absolute Gasteiger partial charge is 0.491 e. The third-order valence-electron chi connectivity index (χ3n) is 4.09. The van der Waals surface area contributed by atoms with Crippen molar-refractivity contribution < 1.29 is 9.13 Å². The molecule has 0 saturated carbocycles. The maximum atomic E-state index is 13.8. The van der Waals surface area contributed by atoms with Gasteiger partial charge in [-0.1, -0.05) is 13.0 Å². The Morgan fingerprint density at radius 3 is 2.67 bits per heavy atom. The summed E-state index contributed by atoms with van der Waals surface area (Å²) >= 11 is 0. The predicted octanol–water partition coefficient (Wildman–Crippen LogP) is 3.05. The Labute approximate surface area is 127 Å². The van der Waals surface area contributed by atoms with Gasteiger partial charge in [-0.3, -0.25) is 4.90 Å². The summed E-state index contributed by atoms with van der Waals surface area (Å²) < 4.78 is 19.1. The summed E-state index contributed by atoms with van der Waals surface area (Å²) in [7, 11) is 0. The molecule has 0 unspecified atom stereocenters. The minimum atomic E-state index is -0.253. The first-order chi connectivity index (χ1) is 10.2. The molecule has 21 heavy (non-hydrogen) atoms. The van der Waals surface area contributed by atoms with Gasteiger partial charge in [0.2, 0.25) is 0 Å². The van der Waals surface area contributed by atoms with E-state index in [4.69, 9.17) is 4.74 Å². The molecule has 1 aromatic rings. The molecule has 1 heterocycles. The van der Waals surface area contributed by atoms with Crippen molar-refractivity contribution in [2.45, 2.75) is 33.2 Å². The van der Waals surface area contributed by atoms with Gasteiger partial charge < -0.3 is 10.1 Å². The summed E-state index contributed by atoms with van der Waals surface area (Å²) in [5, 5.41) is 3.43. The van der Waals surface area contributed by atoms with Crippen molar-refractivity contribution in [1.82, 2.24) is 10.2 Å². The maximum Gasteiger partial charge on any atom is 0.165 e. The number of rotatable bonds is 7. The van der Waals surface area contributed by atoms with Crippen LogP contribution < -0.4 is 10.1 Å². The van der Waals surface area contributed by atoms with Crippen LogP contribution in [0.2, 0.25) is 0 Å². The lowest BCUT2D eigenvalue weighted by atomic mass is 9.96. The minimum absolute atomic E-state index is 0.253. The van der Waals surface area contributed by atoms with Crippen molar-refractivity contribution in [2.75, 3.05) is 32.8 Å². The molecule has 1 N–H and O–H groups in total. The van der Waals surface area contributed by atoms with Gasteiger partial charge in [-0.05, 0) is 69.6 Å². The second kappa shape index (κ2) is 8.35. The van der Waals surface area contributed by atoms with E-state index in [0.29, 0.717) is 12.4 Å². The summed E-state index contributed by atoms with van der Waals surface area (Å²) in [6.07, 6.45) is 2.46. The SMILES string of the molecule is CCNCC1CCN(Cc2ccc(OCC)c(F)c2)CC1. The zero-order valence-electron chi connectivity index (χ0n) is 13.2. The van der Waals surface area contributed by atoms with Crippen molar-refractivity contribution in [3.63, 3.8) is 0 Å². The average Bonchev–Trinajstić information content (AvgIpc) is 2.49. The molecule has 3 nitrogen and oxygen atoms in total. The molecule has 118 valence electrons. The molecule has 0 aliphatic carbocycles. The van der Waals surface area contributed by atoms with E-state index in [1.807, 2.05) is 13.0 Å². The second-order valence-corrected chi connectivity index (χ2v) is 5.72. The van der Waals surface area contributed by atoms with E-state index in [1.54, 1.807) is 12.1 Å². The lowest BCUT2D eigenvalue weighted by Crippen LogP contribution is -2.36. The fraction of sp³-hybridized carbons (Fsp3) is 0.647. The van der Waals surface area contributed by atoms with Gasteiger partial charge in [-0.15, -0.1) is 0 Å². The first kappa shape index (κ1) is 16.2. The molecule has 2 rings (SSSR count). The van der Waals surface area contributed by atoms with Crippen molar-refractivity contribution in [3.8, 4) is 5.75 Å². The van der Waals surface area contributed by atoms with E-state index in [0.717, 1.165) is 44.2 Å². The molecule has 0 atom stereocenters. The van der Waals surface area contributed by atoms with Crippen LogP contribution in [0.1, 0.15) is 32.3 Å². The van der Waals surface area contributed by atoms with Crippen LogP contribution in [0.25, 0.3) is 0 Å². The molecular formula is C17H27FN2O. The molecular weight excluding hydrogens is 267 g/mol. The number of ether oxygens (including phenoxy) is 1. The zero-order valence-corrected chi connectivity index (χ0v) is 13.2. The van der Waals surface area contributed by atoms with Gasteiger partial charge in [-0.25, -0.2) is 4.39 Å². The van der Waals surface area contributed by atoms with Gasteiger partial charge in [-0.2, -0.15) is 0 Å². The highest BCUT2D eigenvalue weighted by Crippen LogP contribution is 2.22. The Balaban J connectivity index is 1.82. The summed E-state index contributed by atoms with van der Waals surface area (Å²) in [6, 6.07) is 5.32. The van der Waals surface area contributed by atoms with Crippen LogP contribution >= 0.6 is 0 Å². The predicted molar refractivity (Wildman–Crippen MR) is 84.1 cm³/mol. The molecule has 0 aromatic heterocycles. The number of nitrogens with zero attached hydrogens (tertiary/aromatic N) is 1. The molecule has 1 saturated heterocycles. The molecule has 0 amide bonds. The molecule has 1 aromatic carbocycles. The van der Waals surface area contributed by atoms with Crippen LogP contribution in [0, 0.1) is 11.7 Å². The van der Waals surface area contributed by atoms with Crippen LogP contribution in [0.3, 0.4) is 0 Å². The number of hydrogen-bond donors (Lipinski definition) is 1. The van der Waals surface area contributed by atoms with Crippen LogP contribution in [0.5, 0.6) is 5.75 Å². The summed E-state index contributed by atoms with van der Waals surface area (Å²) in [6.45, 7) is 9.72. The lowest BCUT2D eigenvalue weighted by Gasteiger charge is -2.32. The van der Waals surface area contributed by atoms with Crippen LogP contribution in [0.15, 0.2) is 18.2 Å². The molecule has 0 radical (unpaired) electrons. The fourth-order valence-electron chi connectivity index (χ4n) is 2.87. The van der Waals surface area contributed by atoms with E-state index in [1.165, 1.54) is 12.8 Å². The molecule has 4 heteroatoms. The van der Waals surface area contributed by atoms with E-state index in [2.05, 4.69) is 17.1 Å². The van der Waals surface area contributed by atoms with Crippen LogP contribution in [0.4, 0.5) is 4.39 Å². The summed E-state index contributed by atoms with van der Waals surface area (Å²) in [5.41, 5.74) is 1.03. The Morgan fingerprint density at radius 1 is 1.29 bits per heavy atom. The third-order valence-corrected chi connectivity index (χ3v) is 4.09. The topological polar surface area (TPSA) is 24.5 Å². The lowest BCUT2D eigenvalue weighted by molar-refractivity contribution is 0.175. The Kier molecular flexibility index (Phi) is 6.46. The normalized spacial score (nSPS) is 17.1. The standard InChI is InChI=1S/C17H27FN2O/c1-3-19-12-14-7-9-20(10-8-14)13-15-5-6-17(21-4-2)16(18)11-15/h5-6,11,14,19H,3-4,7-10,12-13H2,1-2H3. The third kappa shape index (κ3) is 4.97. The van der Waals surface area contributed by atoms with Crippen LogP contribution in [-0.4, -0.2) is 37.7 Å². The monoisotopic (exact) mass is 294 g/mol. The number of halogens is 1. The van der Waals surface area contributed by atoms with Crippen molar-refractivity contribution in [2.24, 2.45) is 5.92 Å². The smallest absolute Gasteiger partial charge is 0.165 e. The number of nitrogens with one attached hydrogen (secondary N) is 1. The van der Waals surface area contributed by atoms with Crippen molar-refractivity contribution in [1.29, 1.82) is 0 Å². The molecule has 0 spiro atoms. The summed E-state index contributed by atoms with van der Waals surface area (Å²) in [4.78, 5) is 2.41. The minimum Gasteiger partial charge on any atom is -0.491 e. The van der Waals surface area contributed by atoms with E-state index >= 15 is 0 Å². The highest BCUT2D eigenvalue weighted by atomic mass is 19.1. The van der Waals surface area contributed by atoms with Gasteiger partial charge in [0.1, 0.15) is 0 Å². The highest BCUT2D eigenvalue weighted by molar-refractivity contribution is 5.29. The zero-order chi connectivity index (χ0) is 15.1. The highest BCUT2D eigenvalue weighted by Gasteiger charge is 2.19. The molecule has 1 fully saturated rings. The van der Waals surface area contributed by atoms with Gasteiger partial charge in [0.05, 0.1) is 6.61 Å². The molecule has 1 aliphatic rings. The van der Waals surface area contributed by atoms with E-state index < -0.39 is 0 Å². The van der Waals surface area contributed by atoms with Crippen LogP contribution in [-0.2, 0) is 6.54 Å². The number of piperidine rings is 1. The Morgan fingerprint density at radius 2 is 2.05 bits per heavy atom. The second-order valence-electron chi connectivity index (χ2n) is 5.72. The van der Waals surface area contributed by atoms with E-state index in [-0.39, 0.29) is 5.82 Å². The fourth-order valence-corrected chi connectivity index (χ4v) is 2.87. The Bertz CT molecular complexity index is 431. The van der Waals surface area contributed by atoms with Gasteiger partial charge in [0.15, 0.2) is 11.6 Å². The number of benzene rings is 1. The summed E-state index contributed by atoms with van der Waals surface area (Å²) in [5.74, 6) is 0.889. The number of likely N-dealkylation sites (tertiary alicyclic amines) is 1. The Hall–Kier alpha value is -1.13. The van der Waals surface area contributed by atoms with Gasteiger partial charge in [0.25, 0.3) is 0 Å². The van der Waals surface area contributed by atoms with Gasteiger partial charge in [0, 0.05) is 6.54 Å². The average molecular weight is 294 g/mol. The van der Waals surface area contributed by atoms with Gasteiger partial charge >= 0.3 is 0 Å². The molecule has 1 aliphatic heterocycles. The number of hydrogen-bond acceptors (Lipinski definition) is 3. The van der Waals surface area contributed by atoms with Crippen molar-refractivity contribution in [3.05, 3.63) is 29.6 Å². The van der Waals surface area contributed by atoms with Crippen molar-refractivity contribution >= 4 is 0 Å². The molecule has 0 bridgehead atoms. The first-order valence-electron chi connectivity index (χ1n) is 8.07. The van der Waals surface area contributed by atoms with E-state index in [9.17, 15) is 4.39 Å². The first-order valence-corrected chi connectivity index (χ1v) is 8.07. The quantitative estimate of drug-likeness (QED) is 0.836. The maximum absolute atomic E-state index is 13.8.